The molecule has 0 aliphatic carbocycles. The molecule has 18 heavy (non-hydrogen) atoms. The molecule has 0 radical (unpaired) electrons. The standard InChI is InChI=1S/C12H12ClN3O2/c1-7-9(6-14-16-7)12(17)15-11-5-8(18-2)3-4-10(11)13/h3-6H,1-2H3,(H,14,16)(H,15,17). The van der Waals surface area contributed by atoms with Gasteiger partial charge >= 0.3 is 0 Å². The largest absolute Gasteiger partial charge is 0.497 e. The highest BCUT2D eigenvalue weighted by Gasteiger charge is 2.13. The normalized spacial score (nSPS) is 10.2. The minimum Gasteiger partial charge on any atom is -0.497 e. The van der Waals surface area contributed by atoms with Crippen LogP contribution in [0.2, 0.25) is 5.02 Å². The van der Waals surface area contributed by atoms with Crippen LogP contribution in [-0.2, 0) is 0 Å². The number of hydrogen-bond donors (Lipinski definition) is 2. The number of rotatable bonds is 3. The van der Waals surface area contributed by atoms with Crippen LogP contribution in [0.25, 0.3) is 0 Å². The van der Waals surface area contributed by atoms with Gasteiger partial charge in [-0.25, -0.2) is 0 Å². The van der Waals surface area contributed by atoms with Crippen molar-refractivity contribution >= 4 is 23.2 Å². The van der Waals surface area contributed by atoms with E-state index in [0.717, 1.165) is 0 Å². The summed E-state index contributed by atoms with van der Waals surface area (Å²) in [5.74, 6) is 0.356. The average molecular weight is 266 g/mol. The zero-order valence-electron chi connectivity index (χ0n) is 9.95. The Morgan fingerprint density at radius 3 is 2.89 bits per heavy atom. The summed E-state index contributed by atoms with van der Waals surface area (Å²) >= 11 is 6.00. The zero-order valence-corrected chi connectivity index (χ0v) is 10.7. The number of halogens is 1. The minimum absolute atomic E-state index is 0.267. The van der Waals surface area contributed by atoms with Crippen LogP contribution in [0, 0.1) is 6.92 Å². The first-order valence-corrected chi connectivity index (χ1v) is 5.64. The molecule has 0 aliphatic heterocycles. The molecule has 0 unspecified atom stereocenters. The fraction of sp³-hybridized carbons (Fsp3) is 0.167. The molecule has 0 spiro atoms. The third kappa shape index (κ3) is 2.46. The van der Waals surface area contributed by atoms with Gasteiger partial charge in [-0.1, -0.05) is 11.6 Å². The first-order valence-electron chi connectivity index (χ1n) is 5.26. The van der Waals surface area contributed by atoms with Crippen LogP contribution in [-0.4, -0.2) is 23.2 Å². The van der Waals surface area contributed by atoms with Gasteiger partial charge in [0.05, 0.1) is 29.6 Å². The maximum absolute atomic E-state index is 12.0. The van der Waals surface area contributed by atoms with Crippen LogP contribution in [0.1, 0.15) is 16.1 Å². The van der Waals surface area contributed by atoms with E-state index in [1.807, 2.05) is 0 Å². The number of carbonyl (C=O) groups is 1. The number of H-pyrrole nitrogens is 1. The molecule has 6 heteroatoms. The smallest absolute Gasteiger partial charge is 0.259 e. The molecule has 1 heterocycles. The van der Waals surface area contributed by atoms with Crippen molar-refractivity contribution in [2.24, 2.45) is 0 Å². The van der Waals surface area contributed by atoms with Gasteiger partial charge in [-0.2, -0.15) is 5.10 Å². The van der Waals surface area contributed by atoms with Crippen LogP contribution in [0.4, 0.5) is 5.69 Å². The van der Waals surface area contributed by atoms with Gasteiger partial charge < -0.3 is 10.1 Å². The Morgan fingerprint density at radius 1 is 1.50 bits per heavy atom. The van der Waals surface area contributed by atoms with Crippen molar-refractivity contribution in [3.63, 3.8) is 0 Å². The Balaban J connectivity index is 2.24. The number of aryl methyl sites for hydroxylation is 1. The Labute approximate surface area is 109 Å². The van der Waals surface area contributed by atoms with E-state index in [-0.39, 0.29) is 5.91 Å². The van der Waals surface area contributed by atoms with Gasteiger partial charge in [0.1, 0.15) is 5.75 Å². The summed E-state index contributed by atoms with van der Waals surface area (Å²) in [4.78, 5) is 12.0. The zero-order chi connectivity index (χ0) is 13.1. The number of methoxy groups -OCH3 is 1. The minimum atomic E-state index is -0.267. The number of nitrogens with zero attached hydrogens (tertiary/aromatic N) is 1. The lowest BCUT2D eigenvalue weighted by molar-refractivity contribution is 0.102. The molecule has 2 N–H and O–H groups in total. The number of aromatic amines is 1. The van der Waals surface area contributed by atoms with Gasteiger partial charge in [-0.05, 0) is 19.1 Å². The predicted molar refractivity (Wildman–Crippen MR) is 69.3 cm³/mol. The summed E-state index contributed by atoms with van der Waals surface area (Å²) in [6, 6.07) is 5.05. The molecule has 0 fully saturated rings. The summed E-state index contributed by atoms with van der Waals surface area (Å²) in [6.45, 7) is 1.77. The van der Waals surface area contributed by atoms with E-state index in [1.54, 1.807) is 32.2 Å². The number of carbonyl (C=O) groups excluding carboxylic acids is 1. The van der Waals surface area contributed by atoms with Crippen LogP contribution < -0.4 is 10.1 Å². The van der Waals surface area contributed by atoms with Crippen molar-refractivity contribution in [1.29, 1.82) is 0 Å². The summed E-state index contributed by atoms with van der Waals surface area (Å²) in [5.41, 5.74) is 1.68. The van der Waals surface area contributed by atoms with E-state index >= 15 is 0 Å². The fourth-order valence-corrected chi connectivity index (χ4v) is 1.66. The Bertz CT molecular complexity index is 580. The SMILES string of the molecule is COc1ccc(Cl)c(NC(=O)c2cn[nH]c2C)c1. The van der Waals surface area contributed by atoms with Crippen molar-refractivity contribution in [1.82, 2.24) is 10.2 Å². The number of amides is 1. The predicted octanol–water partition coefficient (Wildman–Crippen LogP) is 2.63. The Hall–Kier alpha value is -2.01. The van der Waals surface area contributed by atoms with E-state index in [4.69, 9.17) is 16.3 Å². The van der Waals surface area contributed by atoms with Crippen molar-refractivity contribution in [2.75, 3.05) is 12.4 Å². The second-order valence-corrected chi connectivity index (χ2v) is 4.12. The van der Waals surface area contributed by atoms with Gasteiger partial charge in [0.25, 0.3) is 5.91 Å². The molecular weight excluding hydrogens is 254 g/mol. The molecule has 1 aromatic carbocycles. The van der Waals surface area contributed by atoms with Gasteiger partial charge in [-0.15, -0.1) is 0 Å². The molecule has 0 saturated heterocycles. The summed E-state index contributed by atoms with van der Waals surface area (Å²) < 4.78 is 5.08. The lowest BCUT2D eigenvalue weighted by Crippen LogP contribution is -2.12. The second-order valence-electron chi connectivity index (χ2n) is 3.71. The van der Waals surface area contributed by atoms with E-state index in [0.29, 0.717) is 27.7 Å². The highest BCUT2D eigenvalue weighted by atomic mass is 35.5. The second kappa shape index (κ2) is 5.10. The van der Waals surface area contributed by atoms with E-state index < -0.39 is 0 Å². The monoisotopic (exact) mass is 265 g/mol. The van der Waals surface area contributed by atoms with Crippen LogP contribution in [0.5, 0.6) is 5.75 Å². The molecule has 0 saturated carbocycles. The summed E-state index contributed by atoms with van der Waals surface area (Å²) in [5, 5.41) is 9.67. The van der Waals surface area contributed by atoms with Crippen molar-refractivity contribution in [3.8, 4) is 5.75 Å². The van der Waals surface area contributed by atoms with Gasteiger partial charge in [0.2, 0.25) is 0 Å². The first-order chi connectivity index (χ1) is 8.61. The number of nitrogens with one attached hydrogen (secondary N) is 2. The molecule has 94 valence electrons. The summed E-state index contributed by atoms with van der Waals surface area (Å²) in [6.07, 6.45) is 1.47. The van der Waals surface area contributed by atoms with Gasteiger partial charge in [0, 0.05) is 11.8 Å². The van der Waals surface area contributed by atoms with E-state index in [2.05, 4.69) is 15.5 Å². The van der Waals surface area contributed by atoms with Crippen molar-refractivity contribution < 1.29 is 9.53 Å². The van der Waals surface area contributed by atoms with Gasteiger partial charge in [0.15, 0.2) is 0 Å². The fourth-order valence-electron chi connectivity index (χ4n) is 1.50. The third-order valence-electron chi connectivity index (χ3n) is 2.50. The quantitative estimate of drug-likeness (QED) is 0.896. The van der Waals surface area contributed by atoms with Crippen LogP contribution >= 0.6 is 11.6 Å². The molecule has 2 aromatic rings. The molecular formula is C12H12ClN3O2. The third-order valence-corrected chi connectivity index (χ3v) is 2.83. The number of hydrogen-bond acceptors (Lipinski definition) is 3. The summed E-state index contributed by atoms with van der Waals surface area (Å²) in [7, 11) is 1.55. The highest BCUT2D eigenvalue weighted by Crippen LogP contribution is 2.27. The van der Waals surface area contributed by atoms with E-state index in [1.165, 1.54) is 6.20 Å². The molecule has 0 aliphatic rings. The van der Waals surface area contributed by atoms with Crippen LogP contribution in [0.15, 0.2) is 24.4 Å². The molecule has 5 nitrogen and oxygen atoms in total. The maximum atomic E-state index is 12.0. The molecule has 1 amide bonds. The van der Waals surface area contributed by atoms with Gasteiger partial charge in [-0.3, -0.25) is 9.89 Å². The first kappa shape index (κ1) is 12.4. The number of benzene rings is 1. The molecule has 1 aromatic heterocycles. The molecule has 0 bridgehead atoms. The lowest BCUT2D eigenvalue weighted by Gasteiger charge is -2.08. The molecule has 2 rings (SSSR count). The maximum Gasteiger partial charge on any atom is 0.259 e. The lowest BCUT2D eigenvalue weighted by atomic mass is 10.2. The average Bonchev–Trinajstić information content (AvgIpc) is 2.78. The Kier molecular flexibility index (Phi) is 3.53. The van der Waals surface area contributed by atoms with Crippen molar-refractivity contribution in [2.45, 2.75) is 6.92 Å². The Morgan fingerprint density at radius 2 is 2.28 bits per heavy atom. The topological polar surface area (TPSA) is 67.0 Å². The van der Waals surface area contributed by atoms with E-state index in [9.17, 15) is 4.79 Å². The number of aromatic nitrogens is 2. The number of ether oxygens (including phenoxy) is 1. The van der Waals surface area contributed by atoms with Crippen LogP contribution in [0.3, 0.4) is 0 Å². The van der Waals surface area contributed by atoms with Crippen molar-refractivity contribution in [3.05, 3.63) is 40.7 Å². The highest BCUT2D eigenvalue weighted by molar-refractivity contribution is 6.34. The number of anilines is 1. The molecule has 0 atom stereocenters.